The van der Waals surface area contributed by atoms with E-state index in [1.165, 1.54) is 0 Å². The number of nitrogens with two attached hydrogens (primary N) is 1. The van der Waals surface area contributed by atoms with Crippen LogP contribution in [0.4, 0.5) is 5.69 Å². The molecule has 1 aromatic rings. The molecule has 98 valence electrons. The molecular weight excluding hydrogens is 242 g/mol. The van der Waals surface area contributed by atoms with E-state index >= 15 is 0 Å². The van der Waals surface area contributed by atoms with Gasteiger partial charge in [0.1, 0.15) is 18.4 Å². The van der Waals surface area contributed by atoms with E-state index in [9.17, 15) is 0 Å². The molecule has 1 rings (SSSR count). The summed E-state index contributed by atoms with van der Waals surface area (Å²) in [7, 11) is 0. The maximum Gasteiger partial charge on any atom is 0.201 e. The van der Waals surface area contributed by atoms with Crippen LogP contribution in [0.2, 0.25) is 0 Å². The highest BCUT2D eigenvalue weighted by atomic mass is 16.5. The topological polar surface area (TPSA) is 107 Å². The largest absolute Gasteiger partial charge is 0.489 e. The zero-order valence-electron chi connectivity index (χ0n) is 10.6. The number of anilines is 1. The second-order valence-electron chi connectivity index (χ2n) is 3.87. The molecule has 0 saturated carbocycles. The highest BCUT2D eigenvalue weighted by molar-refractivity contribution is 6.45. The Morgan fingerprint density at radius 2 is 2.16 bits per heavy atom. The van der Waals surface area contributed by atoms with Crippen molar-refractivity contribution in [3.8, 4) is 11.8 Å². The average Bonchev–Trinajstić information content (AvgIpc) is 2.38. The van der Waals surface area contributed by atoms with Crippen molar-refractivity contribution in [1.82, 2.24) is 0 Å². The molecule has 0 fully saturated rings. The summed E-state index contributed by atoms with van der Waals surface area (Å²) in [6, 6.07) is 8.73. The number of nitrogens with zero attached hydrogens (tertiary/aromatic N) is 2. The van der Waals surface area contributed by atoms with Crippen molar-refractivity contribution in [2.45, 2.75) is 6.92 Å². The molecular formula is C13H15N5O. The van der Waals surface area contributed by atoms with Crippen molar-refractivity contribution in [2.75, 3.05) is 12.0 Å². The van der Waals surface area contributed by atoms with Crippen LogP contribution in [0.3, 0.4) is 0 Å². The van der Waals surface area contributed by atoms with E-state index in [4.69, 9.17) is 21.1 Å². The second kappa shape index (κ2) is 6.81. The van der Waals surface area contributed by atoms with E-state index in [-0.39, 0.29) is 11.5 Å². The number of nitrogens with one attached hydrogen (secondary N) is 2. The minimum absolute atomic E-state index is 0.164. The van der Waals surface area contributed by atoms with Crippen LogP contribution in [-0.4, -0.2) is 18.2 Å². The zero-order chi connectivity index (χ0) is 14.3. The van der Waals surface area contributed by atoms with Gasteiger partial charge in [-0.1, -0.05) is 6.58 Å². The molecule has 6 heteroatoms. The summed E-state index contributed by atoms with van der Waals surface area (Å²) in [5, 5.41) is 19.5. The van der Waals surface area contributed by atoms with Gasteiger partial charge in [-0.2, -0.15) is 10.4 Å². The van der Waals surface area contributed by atoms with Crippen LogP contribution in [0.1, 0.15) is 6.92 Å². The minimum atomic E-state index is -0.378. The number of hydrazone groups is 1. The van der Waals surface area contributed by atoms with Crippen molar-refractivity contribution in [2.24, 2.45) is 10.8 Å². The number of ether oxygens (including phenoxy) is 1. The van der Waals surface area contributed by atoms with E-state index < -0.39 is 0 Å². The zero-order valence-corrected chi connectivity index (χ0v) is 10.6. The Morgan fingerprint density at radius 3 is 2.63 bits per heavy atom. The van der Waals surface area contributed by atoms with Gasteiger partial charge in [0.15, 0.2) is 5.84 Å². The maximum atomic E-state index is 8.67. The molecule has 4 N–H and O–H groups in total. The van der Waals surface area contributed by atoms with Gasteiger partial charge in [-0.25, -0.2) is 0 Å². The van der Waals surface area contributed by atoms with Crippen LogP contribution in [0.25, 0.3) is 0 Å². The molecule has 0 atom stereocenters. The van der Waals surface area contributed by atoms with Crippen molar-refractivity contribution >= 4 is 17.2 Å². The Morgan fingerprint density at radius 1 is 1.53 bits per heavy atom. The van der Waals surface area contributed by atoms with Crippen molar-refractivity contribution in [1.29, 1.82) is 10.7 Å². The van der Waals surface area contributed by atoms with Gasteiger partial charge in [0.25, 0.3) is 0 Å². The third-order valence-corrected chi connectivity index (χ3v) is 2.00. The maximum absolute atomic E-state index is 8.67. The molecule has 0 unspecified atom stereocenters. The molecule has 19 heavy (non-hydrogen) atoms. The fourth-order valence-electron chi connectivity index (χ4n) is 1.10. The Bertz CT molecular complexity index is 539. The fraction of sp³-hybridized carbons (Fsp3) is 0.154. The smallest absolute Gasteiger partial charge is 0.201 e. The number of hydrogen-bond donors (Lipinski definition) is 3. The second-order valence-corrected chi connectivity index (χ2v) is 3.87. The quantitative estimate of drug-likeness (QED) is 0.313. The van der Waals surface area contributed by atoms with E-state index in [1.807, 2.05) is 6.92 Å². The monoisotopic (exact) mass is 257 g/mol. The Labute approximate surface area is 111 Å². The molecule has 0 aromatic heterocycles. The lowest BCUT2D eigenvalue weighted by molar-refractivity contribution is 0.353. The molecule has 6 nitrogen and oxygen atoms in total. The standard InChI is InChI=1S/C13H15N5O/c1-9(2)8-19-11-5-3-10(4-6-11)17-18-12(7-14)13(15)16/h3-6,17H,1,8H2,2H3,(H3,15,16)/b18-12+. The molecule has 0 heterocycles. The van der Waals surface area contributed by atoms with E-state index in [0.717, 1.165) is 5.57 Å². The lowest BCUT2D eigenvalue weighted by Crippen LogP contribution is -2.21. The molecule has 0 amide bonds. The van der Waals surface area contributed by atoms with Crippen molar-refractivity contribution < 1.29 is 4.74 Å². The SMILES string of the molecule is C=C(C)COc1ccc(N/N=C(\C#N)C(=N)N)cc1. The van der Waals surface area contributed by atoms with Crippen molar-refractivity contribution in [3.05, 3.63) is 36.4 Å². The lowest BCUT2D eigenvalue weighted by Gasteiger charge is -2.06. The van der Waals surface area contributed by atoms with Crippen LogP contribution in [0.15, 0.2) is 41.5 Å². The third-order valence-electron chi connectivity index (χ3n) is 2.00. The van der Waals surface area contributed by atoms with E-state index in [2.05, 4.69) is 17.1 Å². The first kappa shape index (κ1) is 14.3. The molecule has 0 aliphatic carbocycles. The van der Waals surface area contributed by atoms with Gasteiger partial charge >= 0.3 is 0 Å². The molecule has 0 aliphatic heterocycles. The fourth-order valence-corrected chi connectivity index (χ4v) is 1.10. The Kier molecular flexibility index (Phi) is 5.11. The Hall–Kier alpha value is -2.81. The lowest BCUT2D eigenvalue weighted by atomic mass is 10.3. The van der Waals surface area contributed by atoms with Gasteiger partial charge in [-0.3, -0.25) is 10.8 Å². The highest BCUT2D eigenvalue weighted by Crippen LogP contribution is 2.16. The molecule has 0 saturated heterocycles. The van der Waals surface area contributed by atoms with Gasteiger partial charge in [0, 0.05) is 0 Å². The summed E-state index contributed by atoms with van der Waals surface area (Å²) in [6.07, 6.45) is 0. The number of nitriles is 1. The summed E-state index contributed by atoms with van der Waals surface area (Å²) in [4.78, 5) is 0. The predicted molar refractivity (Wildman–Crippen MR) is 75.3 cm³/mol. The van der Waals surface area contributed by atoms with Crippen LogP contribution >= 0.6 is 0 Å². The van der Waals surface area contributed by atoms with Crippen LogP contribution in [0, 0.1) is 16.7 Å². The normalized spacial score (nSPS) is 10.4. The summed E-state index contributed by atoms with van der Waals surface area (Å²) in [5.41, 5.74) is 9.24. The minimum Gasteiger partial charge on any atom is -0.489 e. The van der Waals surface area contributed by atoms with Gasteiger partial charge in [-0.15, -0.1) is 0 Å². The average molecular weight is 257 g/mol. The van der Waals surface area contributed by atoms with Crippen LogP contribution < -0.4 is 15.9 Å². The number of amidine groups is 1. The number of rotatable bonds is 6. The highest BCUT2D eigenvalue weighted by Gasteiger charge is 2.01. The molecule has 0 bridgehead atoms. The van der Waals surface area contributed by atoms with E-state index in [1.54, 1.807) is 30.3 Å². The molecule has 0 aliphatic rings. The first-order valence-corrected chi connectivity index (χ1v) is 5.48. The van der Waals surface area contributed by atoms with Crippen molar-refractivity contribution in [3.63, 3.8) is 0 Å². The summed E-state index contributed by atoms with van der Waals surface area (Å²) in [5.74, 6) is 0.334. The summed E-state index contributed by atoms with van der Waals surface area (Å²) < 4.78 is 5.44. The summed E-state index contributed by atoms with van der Waals surface area (Å²) >= 11 is 0. The van der Waals surface area contributed by atoms with Crippen LogP contribution in [0.5, 0.6) is 5.75 Å². The van der Waals surface area contributed by atoms with E-state index in [0.29, 0.717) is 18.0 Å². The Balaban J connectivity index is 2.65. The number of benzene rings is 1. The van der Waals surface area contributed by atoms with Crippen LogP contribution in [-0.2, 0) is 0 Å². The molecule has 0 radical (unpaired) electrons. The summed E-state index contributed by atoms with van der Waals surface area (Å²) in [6.45, 7) is 6.10. The number of hydrogen-bond acceptors (Lipinski definition) is 5. The van der Waals surface area contributed by atoms with Gasteiger partial charge < -0.3 is 10.5 Å². The van der Waals surface area contributed by atoms with Gasteiger partial charge in [-0.05, 0) is 36.8 Å². The predicted octanol–water partition coefficient (Wildman–Crippen LogP) is 1.87. The first-order chi connectivity index (χ1) is 9.02. The third kappa shape index (κ3) is 4.91. The molecule has 1 aromatic carbocycles. The van der Waals surface area contributed by atoms with Gasteiger partial charge in [0.05, 0.1) is 5.69 Å². The van der Waals surface area contributed by atoms with Gasteiger partial charge in [0.2, 0.25) is 5.71 Å². The first-order valence-electron chi connectivity index (χ1n) is 5.48. The molecule has 0 spiro atoms.